The maximum absolute atomic E-state index is 12.0. The monoisotopic (exact) mass is 330 g/mol. The molecule has 6 nitrogen and oxygen atoms in total. The predicted molar refractivity (Wildman–Crippen MR) is 95.6 cm³/mol. The molecule has 3 amide bonds. The van der Waals surface area contributed by atoms with E-state index in [-0.39, 0.29) is 11.9 Å². The van der Waals surface area contributed by atoms with Gasteiger partial charge in [0.05, 0.1) is 0 Å². The zero-order valence-corrected chi connectivity index (χ0v) is 14.5. The molecule has 24 heavy (non-hydrogen) atoms. The van der Waals surface area contributed by atoms with Crippen molar-refractivity contribution in [1.82, 2.24) is 10.2 Å². The molecule has 2 aliphatic rings. The fraction of sp³-hybridized carbons (Fsp3) is 0.556. The Morgan fingerprint density at radius 1 is 1.17 bits per heavy atom. The molecule has 0 unspecified atom stereocenters. The summed E-state index contributed by atoms with van der Waals surface area (Å²) in [4.78, 5) is 29.8. The lowest BCUT2D eigenvalue weighted by molar-refractivity contribution is -0.118. The van der Waals surface area contributed by atoms with E-state index in [1.54, 1.807) is 4.90 Å². The first kappa shape index (κ1) is 16.6. The number of amides is 3. The topological polar surface area (TPSA) is 55.9 Å². The average Bonchev–Trinajstić information content (AvgIpc) is 2.62. The number of hydrogen-bond donors (Lipinski definition) is 1. The molecule has 130 valence electrons. The molecule has 0 spiro atoms. The van der Waals surface area contributed by atoms with Crippen LogP contribution in [0.2, 0.25) is 0 Å². The van der Waals surface area contributed by atoms with E-state index in [0.29, 0.717) is 6.42 Å². The molecule has 1 aromatic rings. The second-order valence-electron chi connectivity index (χ2n) is 6.47. The molecule has 1 saturated heterocycles. The van der Waals surface area contributed by atoms with Gasteiger partial charge in [0, 0.05) is 57.6 Å². The number of rotatable bonds is 3. The lowest BCUT2D eigenvalue weighted by Gasteiger charge is -2.37. The molecule has 2 aliphatic heterocycles. The Bertz CT molecular complexity index is 623. The van der Waals surface area contributed by atoms with Crippen LogP contribution in [0.3, 0.4) is 0 Å². The highest BCUT2D eigenvalue weighted by atomic mass is 16.2. The first-order valence-electron chi connectivity index (χ1n) is 8.77. The summed E-state index contributed by atoms with van der Waals surface area (Å²) >= 11 is 0. The van der Waals surface area contributed by atoms with Crippen molar-refractivity contribution in [2.24, 2.45) is 0 Å². The van der Waals surface area contributed by atoms with E-state index in [0.717, 1.165) is 51.3 Å². The summed E-state index contributed by atoms with van der Waals surface area (Å²) in [6, 6.07) is 6.37. The van der Waals surface area contributed by atoms with Gasteiger partial charge in [0.15, 0.2) is 0 Å². The number of hydrogen-bond acceptors (Lipinski definition) is 3. The number of piperazine rings is 1. The number of anilines is 2. The number of nitrogens with zero attached hydrogens (tertiary/aromatic N) is 3. The van der Waals surface area contributed by atoms with Gasteiger partial charge in [0.25, 0.3) is 0 Å². The minimum atomic E-state index is 0.0436. The molecular weight excluding hydrogens is 304 g/mol. The van der Waals surface area contributed by atoms with E-state index < -0.39 is 0 Å². The van der Waals surface area contributed by atoms with Crippen molar-refractivity contribution in [1.29, 1.82) is 0 Å². The third-order valence-corrected chi connectivity index (χ3v) is 4.86. The number of fused-ring (bicyclic) bond motifs is 1. The number of benzene rings is 1. The van der Waals surface area contributed by atoms with Crippen LogP contribution < -0.4 is 15.1 Å². The SMILES string of the molecule is CCCNC(=O)N1CCN(c2ccc3c(c2)CCC(=O)N3C)CC1. The zero-order valence-electron chi connectivity index (χ0n) is 14.5. The first-order chi connectivity index (χ1) is 11.6. The molecule has 0 bridgehead atoms. The molecule has 6 heteroatoms. The smallest absolute Gasteiger partial charge is 0.317 e. The third kappa shape index (κ3) is 3.32. The van der Waals surface area contributed by atoms with Gasteiger partial charge in [-0.3, -0.25) is 4.79 Å². The Labute approximate surface area is 143 Å². The quantitative estimate of drug-likeness (QED) is 0.920. The molecule has 1 aromatic carbocycles. The summed E-state index contributed by atoms with van der Waals surface area (Å²) in [5.74, 6) is 0.182. The molecule has 0 atom stereocenters. The lowest BCUT2D eigenvalue weighted by atomic mass is 10.0. The summed E-state index contributed by atoms with van der Waals surface area (Å²) in [5.41, 5.74) is 3.44. The summed E-state index contributed by atoms with van der Waals surface area (Å²) < 4.78 is 0. The molecule has 0 aliphatic carbocycles. The van der Waals surface area contributed by atoms with Crippen molar-refractivity contribution in [2.75, 3.05) is 49.6 Å². The van der Waals surface area contributed by atoms with E-state index in [1.165, 1.54) is 11.3 Å². The van der Waals surface area contributed by atoms with E-state index in [4.69, 9.17) is 0 Å². The molecule has 0 aromatic heterocycles. The number of nitrogens with one attached hydrogen (secondary N) is 1. The van der Waals surface area contributed by atoms with Gasteiger partial charge in [-0.1, -0.05) is 6.92 Å². The number of carbonyl (C=O) groups excluding carboxylic acids is 2. The fourth-order valence-electron chi connectivity index (χ4n) is 3.35. The van der Waals surface area contributed by atoms with Gasteiger partial charge in [-0.2, -0.15) is 0 Å². The third-order valence-electron chi connectivity index (χ3n) is 4.86. The van der Waals surface area contributed by atoms with Crippen LogP contribution in [0.4, 0.5) is 16.2 Å². The molecular formula is C18H26N4O2. The van der Waals surface area contributed by atoms with Crippen molar-refractivity contribution in [2.45, 2.75) is 26.2 Å². The van der Waals surface area contributed by atoms with Crippen LogP contribution >= 0.6 is 0 Å². The molecule has 1 N–H and O–H groups in total. The minimum absolute atomic E-state index is 0.0436. The second-order valence-corrected chi connectivity index (χ2v) is 6.47. The number of urea groups is 1. The standard InChI is InChI=1S/C18H26N4O2/c1-3-8-19-18(24)22-11-9-21(10-12-22)15-5-6-16-14(13-15)4-7-17(23)20(16)2/h5-6,13H,3-4,7-12H2,1-2H3,(H,19,24). The van der Waals surface area contributed by atoms with Gasteiger partial charge >= 0.3 is 6.03 Å². The second kappa shape index (κ2) is 7.11. The fourth-order valence-corrected chi connectivity index (χ4v) is 3.35. The number of aryl methyl sites for hydroxylation is 1. The largest absolute Gasteiger partial charge is 0.368 e. The van der Waals surface area contributed by atoms with E-state index >= 15 is 0 Å². The van der Waals surface area contributed by atoms with Crippen LogP contribution in [0.25, 0.3) is 0 Å². The molecule has 3 rings (SSSR count). The van der Waals surface area contributed by atoms with Gasteiger partial charge in [0.1, 0.15) is 0 Å². The summed E-state index contributed by atoms with van der Waals surface area (Å²) in [6.07, 6.45) is 2.35. The Hall–Kier alpha value is -2.24. The van der Waals surface area contributed by atoms with Crippen molar-refractivity contribution in [3.63, 3.8) is 0 Å². The molecule has 0 saturated carbocycles. The van der Waals surface area contributed by atoms with Crippen molar-refractivity contribution in [3.8, 4) is 0 Å². The van der Waals surface area contributed by atoms with Gasteiger partial charge in [0.2, 0.25) is 5.91 Å². The lowest BCUT2D eigenvalue weighted by Crippen LogP contribution is -2.52. The summed E-state index contributed by atoms with van der Waals surface area (Å²) in [6.45, 7) is 5.95. The van der Waals surface area contributed by atoms with Crippen LogP contribution in [0.15, 0.2) is 18.2 Å². The van der Waals surface area contributed by atoms with Crippen molar-refractivity contribution >= 4 is 23.3 Å². The minimum Gasteiger partial charge on any atom is -0.368 e. The Balaban J connectivity index is 1.63. The average molecular weight is 330 g/mol. The van der Waals surface area contributed by atoms with Crippen LogP contribution in [0.1, 0.15) is 25.3 Å². The highest BCUT2D eigenvalue weighted by Gasteiger charge is 2.24. The highest BCUT2D eigenvalue weighted by Crippen LogP contribution is 2.30. The van der Waals surface area contributed by atoms with Crippen LogP contribution in [0, 0.1) is 0 Å². The summed E-state index contributed by atoms with van der Waals surface area (Å²) in [5, 5.41) is 2.94. The molecule has 2 heterocycles. The van der Waals surface area contributed by atoms with E-state index in [9.17, 15) is 9.59 Å². The first-order valence-corrected chi connectivity index (χ1v) is 8.77. The van der Waals surface area contributed by atoms with Crippen LogP contribution in [0.5, 0.6) is 0 Å². The van der Waals surface area contributed by atoms with Crippen LogP contribution in [-0.2, 0) is 11.2 Å². The van der Waals surface area contributed by atoms with Crippen molar-refractivity contribution in [3.05, 3.63) is 23.8 Å². The van der Waals surface area contributed by atoms with Gasteiger partial charge in [-0.15, -0.1) is 0 Å². The Kier molecular flexibility index (Phi) is 4.92. The predicted octanol–water partition coefficient (Wildman–Crippen LogP) is 1.84. The molecule has 0 radical (unpaired) electrons. The molecule has 1 fully saturated rings. The maximum Gasteiger partial charge on any atom is 0.317 e. The van der Waals surface area contributed by atoms with Crippen LogP contribution in [-0.4, -0.2) is 56.6 Å². The van der Waals surface area contributed by atoms with Crippen molar-refractivity contribution < 1.29 is 9.59 Å². The maximum atomic E-state index is 12.0. The number of carbonyl (C=O) groups is 2. The zero-order chi connectivity index (χ0) is 17.1. The Morgan fingerprint density at radius 3 is 2.62 bits per heavy atom. The highest BCUT2D eigenvalue weighted by molar-refractivity contribution is 5.96. The summed E-state index contributed by atoms with van der Waals surface area (Å²) in [7, 11) is 1.84. The normalized spacial score (nSPS) is 17.8. The van der Waals surface area contributed by atoms with E-state index in [1.807, 2.05) is 18.0 Å². The van der Waals surface area contributed by atoms with Gasteiger partial charge in [-0.25, -0.2) is 4.79 Å². The van der Waals surface area contributed by atoms with E-state index in [2.05, 4.69) is 29.3 Å². The Morgan fingerprint density at radius 2 is 1.92 bits per heavy atom. The van der Waals surface area contributed by atoms with Gasteiger partial charge < -0.3 is 20.0 Å². The van der Waals surface area contributed by atoms with Gasteiger partial charge in [-0.05, 0) is 36.6 Å².